The first-order valence-corrected chi connectivity index (χ1v) is 6.61. The number of esters is 1. The van der Waals surface area contributed by atoms with Gasteiger partial charge in [0, 0.05) is 25.3 Å². The average molecular weight is 250 g/mol. The molecule has 6 nitrogen and oxygen atoms in total. The average Bonchev–Trinajstić information content (AvgIpc) is 2.95. The lowest BCUT2D eigenvalue weighted by Crippen LogP contribution is -2.45. The molecule has 6 heteroatoms. The number of hydrogen-bond acceptors (Lipinski definition) is 5. The lowest BCUT2D eigenvalue weighted by molar-refractivity contribution is -0.139. The second-order valence-electron chi connectivity index (χ2n) is 4.89. The molecule has 0 spiro atoms. The predicted octanol–water partition coefficient (Wildman–Crippen LogP) is 0.0604. The summed E-state index contributed by atoms with van der Waals surface area (Å²) in [7, 11) is 0. The van der Waals surface area contributed by atoms with Crippen molar-refractivity contribution in [1.82, 2.24) is 20.1 Å². The van der Waals surface area contributed by atoms with Crippen LogP contribution in [0, 0.1) is 0 Å². The number of aryl methyl sites for hydroxylation is 2. The molecule has 0 aliphatic carbocycles. The van der Waals surface area contributed by atoms with Crippen molar-refractivity contribution in [3.05, 3.63) is 11.6 Å². The summed E-state index contributed by atoms with van der Waals surface area (Å²) in [6, 6.07) is 0.158. The minimum absolute atomic E-state index is 0.117. The van der Waals surface area contributed by atoms with Gasteiger partial charge in [-0.25, -0.2) is 9.67 Å². The fourth-order valence-corrected chi connectivity index (χ4v) is 2.58. The van der Waals surface area contributed by atoms with E-state index in [9.17, 15) is 4.79 Å². The van der Waals surface area contributed by atoms with Crippen LogP contribution in [0.5, 0.6) is 0 Å². The van der Waals surface area contributed by atoms with Gasteiger partial charge in [0.05, 0.1) is 13.2 Å². The van der Waals surface area contributed by atoms with Crippen LogP contribution in [0.25, 0.3) is 0 Å². The van der Waals surface area contributed by atoms with Crippen molar-refractivity contribution in [2.75, 3.05) is 6.61 Å². The van der Waals surface area contributed by atoms with Crippen molar-refractivity contribution >= 4 is 5.97 Å². The van der Waals surface area contributed by atoms with Crippen molar-refractivity contribution in [3.8, 4) is 0 Å². The molecule has 3 rings (SSSR count). The number of nitrogens with one attached hydrogen (secondary N) is 1. The van der Waals surface area contributed by atoms with Gasteiger partial charge in [0.25, 0.3) is 0 Å². The Hall–Kier alpha value is -1.43. The quantitative estimate of drug-likeness (QED) is 0.768. The Morgan fingerprint density at radius 1 is 1.50 bits per heavy atom. The van der Waals surface area contributed by atoms with Gasteiger partial charge >= 0.3 is 5.97 Å². The van der Waals surface area contributed by atoms with Crippen LogP contribution in [0.3, 0.4) is 0 Å². The van der Waals surface area contributed by atoms with E-state index in [1.165, 1.54) is 0 Å². The molecule has 1 aromatic heterocycles. The molecule has 0 aromatic carbocycles. The first-order chi connectivity index (χ1) is 8.76. The smallest absolute Gasteiger partial charge is 0.323 e. The van der Waals surface area contributed by atoms with Gasteiger partial charge in [0.2, 0.25) is 0 Å². The second-order valence-corrected chi connectivity index (χ2v) is 4.89. The van der Waals surface area contributed by atoms with Gasteiger partial charge in [-0.15, -0.1) is 0 Å². The van der Waals surface area contributed by atoms with Crippen LogP contribution in [0.4, 0.5) is 0 Å². The summed E-state index contributed by atoms with van der Waals surface area (Å²) in [5.41, 5.74) is 0. The summed E-state index contributed by atoms with van der Waals surface area (Å²) in [6.45, 7) is 3.40. The minimum Gasteiger partial charge on any atom is -0.464 e. The molecule has 0 saturated carbocycles. The lowest BCUT2D eigenvalue weighted by atomic mass is 10.1. The van der Waals surface area contributed by atoms with Gasteiger partial charge in [-0.3, -0.25) is 10.1 Å². The van der Waals surface area contributed by atoms with E-state index in [0.29, 0.717) is 12.6 Å². The first-order valence-electron chi connectivity index (χ1n) is 6.61. The summed E-state index contributed by atoms with van der Waals surface area (Å²) in [6.07, 6.45) is 3.57. The number of fused-ring (bicyclic) bond motifs is 1. The van der Waals surface area contributed by atoms with E-state index in [0.717, 1.165) is 43.9 Å². The van der Waals surface area contributed by atoms with Gasteiger partial charge in [-0.05, 0) is 6.42 Å². The second kappa shape index (κ2) is 4.68. The molecular weight excluding hydrogens is 232 g/mol. The number of hydrogen-bond donors (Lipinski definition) is 1. The third kappa shape index (κ3) is 2.12. The summed E-state index contributed by atoms with van der Waals surface area (Å²) < 4.78 is 6.93. The Morgan fingerprint density at radius 2 is 2.39 bits per heavy atom. The number of cyclic esters (lactones) is 1. The van der Waals surface area contributed by atoms with E-state index in [-0.39, 0.29) is 12.0 Å². The molecule has 2 unspecified atom stereocenters. The van der Waals surface area contributed by atoms with E-state index < -0.39 is 0 Å². The van der Waals surface area contributed by atoms with Crippen molar-refractivity contribution in [1.29, 1.82) is 0 Å². The van der Waals surface area contributed by atoms with E-state index in [1.807, 2.05) is 4.68 Å². The van der Waals surface area contributed by atoms with Crippen molar-refractivity contribution in [2.45, 2.75) is 51.2 Å². The highest BCUT2D eigenvalue weighted by Gasteiger charge is 2.30. The molecule has 18 heavy (non-hydrogen) atoms. The zero-order chi connectivity index (χ0) is 12.5. The monoisotopic (exact) mass is 250 g/mol. The number of carbonyl (C=O) groups excluding carboxylic acids is 1. The number of rotatable bonds is 3. The normalized spacial score (nSPS) is 27.1. The number of nitrogens with zero attached hydrogens (tertiary/aromatic N) is 3. The van der Waals surface area contributed by atoms with Gasteiger partial charge in [-0.1, -0.05) is 6.92 Å². The number of carbonyl (C=O) groups is 1. The molecule has 0 amide bonds. The molecule has 2 aliphatic heterocycles. The highest BCUT2D eigenvalue weighted by molar-refractivity contribution is 5.77. The molecule has 0 bridgehead atoms. The van der Waals surface area contributed by atoms with Crippen LogP contribution in [0.1, 0.15) is 31.4 Å². The van der Waals surface area contributed by atoms with Gasteiger partial charge in [0.15, 0.2) is 5.82 Å². The van der Waals surface area contributed by atoms with Gasteiger partial charge < -0.3 is 4.74 Å². The van der Waals surface area contributed by atoms with Crippen LogP contribution < -0.4 is 5.32 Å². The third-order valence-corrected chi connectivity index (χ3v) is 3.59. The van der Waals surface area contributed by atoms with Crippen LogP contribution in [-0.2, 0) is 28.9 Å². The van der Waals surface area contributed by atoms with Crippen molar-refractivity contribution in [2.24, 2.45) is 0 Å². The lowest BCUT2D eigenvalue weighted by Gasteiger charge is -2.25. The Balaban J connectivity index is 1.65. The zero-order valence-electron chi connectivity index (χ0n) is 10.6. The van der Waals surface area contributed by atoms with Gasteiger partial charge in [0.1, 0.15) is 11.9 Å². The largest absolute Gasteiger partial charge is 0.464 e. The first kappa shape index (κ1) is 11.6. The zero-order valence-corrected chi connectivity index (χ0v) is 10.6. The predicted molar refractivity (Wildman–Crippen MR) is 64.0 cm³/mol. The Bertz CT molecular complexity index is 457. The fraction of sp³-hybridized carbons (Fsp3) is 0.750. The van der Waals surface area contributed by atoms with Crippen molar-refractivity contribution in [3.63, 3.8) is 0 Å². The molecular formula is C12H18N4O2. The van der Waals surface area contributed by atoms with Gasteiger partial charge in [-0.2, -0.15) is 5.10 Å². The highest BCUT2D eigenvalue weighted by Crippen LogP contribution is 2.16. The Labute approximate surface area is 106 Å². The van der Waals surface area contributed by atoms with Crippen molar-refractivity contribution < 1.29 is 9.53 Å². The fourth-order valence-electron chi connectivity index (χ4n) is 2.58. The van der Waals surface area contributed by atoms with Crippen LogP contribution in [-0.4, -0.2) is 39.4 Å². The molecule has 1 saturated heterocycles. The maximum absolute atomic E-state index is 11.4. The SMILES string of the molecule is CCc1nc2n(n1)CC(NC1CCOC1=O)CC2. The summed E-state index contributed by atoms with van der Waals surface area (Å²) >= 11 is 0. The maximum atomic E-state index is 11.4. The summed E-state index contributed by atoms with van der Waals surface area (Å²) in [5.74, 6) is 1.86. The summed E-state index contributed by atoms with van der Waals surface area (Å²) in [5, 5.41) is 7.84. The molecule has 3 heterocycles. The molecule has 2 aliphatic rings. The number of ether oxygens (including phenoxy) is 1. The molecule has 1 aromatic rings. The Morgan fingerprint density at radius 3 is 3.11 bits per heavy atom. The van der Waals surface area contributed by atoms with E-state index in [2.05, 4.69) is 22.3 Å². The summed E-state index contributed by atoms with van der Waals surface area (Å²) in [4.78, 5) is 15.9. The molecule has 1 fully saturated rings. The van der Waals surface area contributed by atoms with E-state index in [1.54, 1.807) is 0 Å². The van der Waals surface area contributed by atoms with Crippen LogP contribution in [0.15, 0.2) is 0 Å². The molecule has 0 radical (unpaired) electrons. The number of aromatic nitrogens is 3. The molecule has 2 atom stereocenters. The maximum Gasteiger partial charge on any atom is 0.323 e. The third-order valence-electron chi connectivity index (χ3n) is 3.59. The highest BCUT2D eigenvalue weighted by atomic mass is 16.5. The van der Waals surface area contributed by atoms with Crippen LogP contribution in [0.2, 0.25) is 0 Å². The van der Waals surface area contributed by atoms with Crippen LogP contribution >= 0.6 is 0 Å². The minimum atomic E-state index is -0.134. The standard InChI is InChI=1S/C12H18N4O2/c1-2-10-14-11-4-3-8(7-16(11)15-10)13-9-5-6-18-12(9)17/h8-9,13H,2-7H2,1H3. The molecule has 1 N–H and O–H groups in total. The van der Waals surface area contributed by atoms with E-state index >= 15 is 0 Å². The Kier molecular flexibility index (Phi) is 3.03. The van der Waals surface area contributed by atoms with E-state index in [4.69, 9.17) is 4.74 Å². The topological polar surface area (TPSA) is 69.0 Å². The molecule has 98 valence electrons.